The molecule has 25 heavy (non-hydrogen) atoms. The molecule has 4 rings (SSSR count). The van der Waals surface area contributed by atoms with E-state index in [1.54, 1.807) is 6.20 Å². The monoisotopic (exact) mass is 342 g/mol. The first-order valence-corrected chi connectivity index (χ1v) is 8.25. The Morgan fingerprint density at radius 1 is 1.24 bits per heavy atom. The lowest BCUT2D eigenvalue weighted by Crippen LogP contribution is -2.18. The van der Waals surface area contributed by atoms with Gasteiger partial charge in [-0.1, -0.05) is 19.8 Å². The zero-order chi connectivity index (χ0) is 17.6. The van der Waals surface area contributed by atoms with E-state index in [-0.39, 0.29) is 23.4 Å². The summed E-state index contributed by atoms with van der Waals surface area (Å²) in [5, 5.41) is 27.8. The number of hydrogen-bond acceptors (Lipinski definition) is 6. The first kappa shape index (κ1) is 15.6. The fourth-order valence-corrected chi connectivity index (χ4v) is 3.48. The number of carboxylic acids is 1. The Hall–Kier alpha value is -2.97. The topological polar surface area (TPSA) is 119 Å². The van der Waals surface area contributed by atoms with Crippen molar-refractivity contribution in [2.24, 2.45) is 5.92 Å². The van der Waals surface area contributed by atoms with Crippen LogP contribution in [-0.4, -0.2) is 45.7 Å². The van der Waals surface area contributed by atoms with E-state index in [1.807, 2.05) is 4.68 Å². The molecule has 1 aliphatic carbocycles. The maximum atomic E-state index is 11.0. The molecule has 9 nitrogen and oxygen atoms in total. The zero-order valence-electron chi connectivity index (χ0n) is 13.7. The molecule has 2 N–H and O–H groups in total. The molecule has 0 saturated heterocycles. The number of fused-ring (bicyclic) bond motifs is 1. The van der Waals surface area contributed by atoms with Crippen molar-refractivity contribution < 1.29 is 15.0 Å². The molecule has 9 heteroatoms. The standard InChI is InChI=1S/C16H18N6O3/c1-9-3-2-4-11(5-9)22-13-12(7-18-22)19-16(20-14(13)23)21-8-10(6-17-21)15(24)25/h6-9,11H,2-5H2,1H3,(H,24,25)(H,19,20,23)/t9-,11+/m1/s1. The van der Waals surface area contributed by atoms with Crippen LogP contribution in [-0.2, 0) is 0 Å². The summed E-state index contributed by atoms with van der Waals surface area (Å²) >= 11 is 0. The molecule has 0 radical (unpaired) electrons. The second-order valence-electron chi connectivity index (χ2n) is 6.57. The third kappa shape index (κ3) is 2.71. The highest BCUT2D eigenvalue weighted by atomic mass is 16.4. The van der Waals surface area contributed by atoms with E-state index in [0.29, 0.717) is 17.0 Å². The van der Waals surface area contributed by atoms with Gasteiger partial charge >= 0.3 is 5.97 Å². The number of aromatic nitrogens is 6. The van der Waals surface area contributed by atoms with Crippen LogP contribution in [0.5, 0.6) is 5.88 Å². The third-order valence-corrected chi connectivity index (χ3v) is 4.70. The second kappa shape index (κ2) is 5.83. The van der Waals surface area contributed by atoms with Crippen molar-refractivity contribution in [2.75, 3.05) is 0 Å². The number of nitrogens with zero attached hydrogens (tertiary/aromatic N) is 6. The lowest BCUT2D eigenvalue weighted by molar-refractivity contribution is 0.0697. The summed E-state index contributed by atoms with van der Waals surface area (Å²) in [6.45, 7) is 2.23. The van der Waals surface area contributed by atoms with Crippen molar-refractivity contribution in [3.05, 3.63) is 24.2 Å². The Morgan fingerprint density at radius 3 is 2.80 bits per heavy atom. The molecule has 2 atom stereocenters. The highest BCUT2D eigenvalue weighted by Gasteiger charge is 2.25. The minimum atomic E-state index is -1.09. The van der Waals surface area contributed by atoms with Gasteiger partial charge in [0.2, 0.25) is 5.88 Å². The Kier molecular flexibility index (Phi) is 3.63. The Bertz CT molecular complexity index is 947. The summed E-state index contributed by atoms with van der Waals surface area (Å²) in [4.78, 5) is 19.4. The number of hydrogen-bond donors (Lipinski definition) is 2. The van der Waals surface area contributed by atoms with Crippen LogP contribution >= 0.6 is 0 Å². The number of aromatic carboxylic acids is 1. The lowest BCUT2D eigenvalue weighted by atomic mass is 9.87. The van der Waals surface area contributed by atoms with Gasteiger partial charge in [0.15, 0.2) is 0 Å². The lowest BCUT2D eigenvalue weighted by Gasteiger charge is -2.27. The van der Waals surface area contributed by atoms with Gasteiger partial charge in [-0.2, -0.15) is 15.2 Å². The molecule has 3 heterocycles. The van der Waals surface area contributed by atoms with Crippen LogP contribution in [0.15, 0.2) is 18.6 Å². The van der Waals surface area contributed by atoms with Crippen LogP contribution < -0.4 is 0 Å². The van der Waals surface area contributed by atoms with E-state index in [0.717, 1.165) is 19.3 Å². The molecule has 3 aromatic heterocycles. The molecule has 1 aliphatic rings. The molecule has 0 aromatic carbocycles. The largest absolute Gasteiger partial charge is 0.492 e. The van der Waals surface area contributed by atoms with Crippen molar-refractivity contribution in [1.29, 1.82) is 0 Å². The van der Waals surface area contributed by atoms with Gasteiger partial charge in [0, 0.05) is 6.20 Å². The van der Waals surface area contributed by atoms with Crippen molar-refractivity contribution in [3.63, 3.8) is 0 Å². The molecule has 0 bridgehead atoms. The van der Waals surface area contributed by atoms with Crippen LogP contribution in [0.25, 0.3) is 17.0 Å². The summed E-state index contributed by atoms with van der Waals surface area (Å²) in [7, 11) is 0. The Morgan fingerprint density at radius 2 is 2.08 bits per heavy atom. The van der Waals surface area contributed by atoms with E-state index >= 15 is 0 Å². The van der Waals surface area contributed by atoms with Crippen molar-refractivity contribution >= 4 is 17.0 Å². The van der Waals surface area contributed by atoms with Gasteiger partial charge in [-0.3, -0.25) is 4.68 Å². The van der Waals surface area contributed by atoms with Crippen molar-refractivity contribution in [2.45, 2.75) is 38.6 Å². The van der Waals surface area contributed by atoms with Crippen LogP contribution in [0.1, 0.15) is 49.0 Å². The molecular formula is C16H18N6O3. The average molecular weight is 342 g/mol. The fourth-order valence-electron chi connectivity index (χ4n) is 3.48. The third-order valence-electron chi connectivity index (χ3n) is 4.70. The smallest absolute Gasteiger partial charge is 0.338 e. The Balaban J connectivity index is 1.75. The first-order valence-electron chi connectivity index (χ1n) is 8.25. The van der Waals surface area contributed by atoms with E-state index in [4.69, 9.17) is 5.11 Å². The minimum absolute atomic E-state index is 0.0232. The molecular weight excluding hydrogens is 324 g/mol. The molecule has 0 amide bonds. The average Bonchev–Trinajstić information content (AvgIpc) is 3.22. The highest BCUT2D eigenvalue weighted by molar-refractivity contribution is 5.87. The molecule has 0 spiro atoms. The van der Waals surface area contributed by atoms with Gasteiger partial charge in [0.1, 0.15) is 11.0 Å². The quantitative estimate of drug-likeness (QED) is 0.748. The van der Waals surface area contributed by atoms with Gasteiger partial charge in [0.25, 0.3) is 5.95 Å². The van der Waals surface area contributed by atoms with E-state index in [9.17, 15) is 9.90 Å². The second-order valence-corrected chi connectivity index (χ2v) is 6.57. The Labute approximate surface area is 142 Å². The van der Waals surface area contributed by atoms with Crippen molar-refractivity contribution in [1.82, 2.24) is 29.5 Å². The zero-order valence-corrected chi connectivity index (χ0v) is 13.7. The van der Waals surface area contributed by atoms with E-state index in [1.165, 1.54) is 23.5 Å². The first-order chi connectivity index (χ1) is 12.0. The molecule has 1 saturated carbocycles. The van der Waals surface area contributed by atoms with Gasteiger partial charge in [-0.05, 0) is 18.8 Å². The number of carbonyl (C=O) groups is 1. The summed E-state index contributed by atoms with van der Waals surface area (Å²) < 4.78 is 3.04. The van der Waals surface area contributed by atoms with Gasteiger partial charge < -0.3 is 10.2 Å². The van der Waals surface area contributed by atoms with Crippen LogP contribution in [0.4, 0.5) is 0 Å². The predicted octanol–water partition coefficient (Wildman–Crippen LogP) is 2.17. The van der Waals surface area contributed by atoms with Gasteiger partial charge in [0.05, 0.1) is 24.0 Å². The number of rotatable bonds is 3. The maximum absolute atomic E-state index is 11.0. The fraction of sp³-hybridized carbons (Fsp3) is 0.438. The van der Waals surface area contributed by atoms with E-state index in [2.05, 4.69) is 27.1 Å². The molecule has 130 valence electrons. The number of carboxylic acid groups (broad SMARTS) is 1. The predicted molar refractivity (Wildman–Crippen MR) is 87.7 cm³/mol. The van der Waals surface area contributed by atoms with Crippen LogP contribution in [0, 0.1) is 5.92 Å². The van der Waals surface area contributed by atoms with Gasteiger partial charge in [-0.15, -0.1) is 0 Å². The molecule has 3 aromatic rings. The summed E-state index contributed by atoms with van der Waals surface area (Å²) in [6, 6.07) is 0.227. The summed E-state index contributed by atoms with van der Waals surface area (Å²) in [5.74, 6) is -0.535. The molecule has 0 unspecified atom stereocenters. The van der Waals surface area contributed by atoms with Gasteiger partial charge in [-0.25, -0.2) is 14.5 Å². The minimum Gasteiger partial charge on any atom is -0.492 e. The number of aromatic hydroxyl groups is 1. The summed E-state index contributed by atoms with van der Waals surface area (Å²) in [6.07, 6.45) is 8.49. The van der Waals surface area contributed by atoms with Crippen LogP contribution in [0.3, 0.4) is 0 Å². The maximum Gasteiger partial charge on any atom is 0.338 e. The van der Waals surface area contributed by atoms with Crippen molar-refractivity contribution in [3.8, 4) is 11.8 Å². The molecule has 1 fully saturated rings. The molecule has 0 aliphatic heterocycles. The highest BCUT2D eigenvalue weighted by Crippen LogP contribution is 2.35. The normalized spacial score (nSPS) is 20.8. The SMILES string of the molecule is C[C@@H]1CCC[C@H](n2ncc3nc(-n4cc(C(=O)O)cn4)nc(O)c32)C1. The van der Waals surface area contributed by atoms with E-state index < -0.39 is 5.97 Å². The van der Waals surface area contributed by atoms with Crippen LogP contribution in [0.2, 0.25) is 0 Å². The summed E-state index contributed by atoms with van der Waals surface area (Å²) in [5.41, 5.74) is 1.04.